The van der Waals surface area contributed by atoms with Crippen molar-refractivity contribution in [2.75, 3.05) is 33.9 Å². The van der Waals surface area contributed by atoms with Crippen molar-refractivity contribution < 1.29 is 19.1 Å². The molecule has 0 radical (unpaired) electrons. The summed E-state index contributed by atoms with van der Waals surface area (Å²) in [6, 6.07) is 0. The van der Waals surface area contributed by atoms with Crippen molar-refractivity contribution >= 4 is 11.9 Å². The van der Waals surface area contributed by atoms with Gasteiger partial charge < -0.3 is 14.4 Å². The van der Waals surface area contributed by atoms with E-state index in [4.69, 9.17) is 4.74 Å². The summed E-state index contributed by atoms with van der Waals surface area (Å²) in [5, 5.41) is 0. The fourth-order valence-electron chi connectivity index (χ4n) is 1.25. The SMILES string of the molecule is CCCCN(CCC(=O)OC)C(=O)COC. The Kier molecular flexibility index (Phi) is 8.52. The van der Waals surface area contributed by atoms with Gasteiger partial charge in [0.25, 0.3) is 0 Å². The molecular weight excluding hydrogens is 210 g/mol. The minimum atomic E-state index is -0.299. The molecule has 5 heteroatoms. The molecule has 0 atom stereocenters. The van der Waals surface area contributed by atoms with Crippen LogP contribution in [0.2, 0.25) is 0 Å². The highest BCUT2D eigenvalue weighted by molar-refractivity contribution is 5.78. The standard InChI is InChI=1S/C11H21NO4/c1-4-5-7-12(10(13)9-15-2)8-6-11(14)16-3/h4-9H2,1-3H3. The quantitative estimate of drug-likeness (QED) is 0.580. The first-order valence-electron chi connectivity index (χ1n) is 5.49. The minimum Gasteiger partial charge on any atom is -0.469 e. The number of hydrogen-bond donors (Lipinski definition) is 0. The molecule has 0 aliphatic heterocycles. The van der Waals surface area contributed by atoms with E-state index >= 15 is 0 Å². The molecule has 0 aromatic rings. The van der Waals surface area contributed by atoms with Gasteiger partial charge in [0.05, 0.1) is 13.5 Å². The van der Waals surface area contributed by atoms with Crippen LogP contribution >= 0.6 is 0 Å². The molecule has 0 saturated carbocycles. The fourth-order valence-corrected chi connectivity index (χ4v) is 1.25. The van der Waals surface area contributed by atoms with Gasteiger partial charge in [-0.05, 0) is 6.42 Å². The van der Waals surface area contributed by atoms with Crippen LogP contribution in [0.1, 0.15) is 26.2 Å². The predicted octanol–water partition coefficient (Wildman–Crippen LogP) is 0.825. The van der Waals surface area contributed by atoms with Crippen LogP contribution in [0.15, 0.2) is 0 Å². The monoisotopic (exact) mass is 231 g/mol. The molecule has 0 heterocycles. The Labute approximate surface area is 96.7 Å². The lowest BCUT2D eigenvalue weighted by atomic mass is 10.3. The number of carbonyl (C=O) groups excluding carboxylic acids is 2. The van der Waals surface area contributed by atoms with Gasteiger partial charge in [-0.3, -0.25) is 9.59 Å². The van der Waals surface area contributed by atoms with Crippen molar-refractivity contribution in [2.24, 2.45) is 0 Å². The van der Waals surface area contributed by atoms with Crippen molar-refractivity contribution in [3.63, 3.8) is 0 Å². The zero-order chi connectivity index (χ0) is 12.4. The molecule has 94 valence electrons. The second kappa shape index (κ2) is 9.15. The Morgan fingerprint density at radius 1 is 1.19 bits per heavy atom. The van der Waals surface area contributed by atoms with E-state index in [1.165, 1.54) is 14.2 Å². The Morgan fingerprint density at radius 2 is 1.88 bits per heavy atom. The van der Waals surface area contributed by atoms with Gasteiger partial charge in [0.15, 0.2) is 0 Å². The van der Waals surface area contributed by atoms with Gasteiger partial charge in [0.2, 0.25) is 5.91 Å². The van der Waals surface area contributed by atoms with Crippen molar-refractivity contribution in [1.29, 1.82) is 0 Å². The number of esters is 1. The Hall–Kier alpha value is -1.10. The van der Waals surface area contributed by atoms with Gasteiger partial charge in [0.1, 0.15) is 6.61 Å². The summed E-state index contributed by atoms with van der Waals surface area (Å²) in [6.07, 6.45) is 2.17. The molecule has 0 bridgehead atoms. The van der Waals surface area contributed by atoms with E-state index in [9.17, 15) is 9.59 Å². The molecule has 0 rings (SSSR count). The number of hydrogen-bond acceptors (Lipinski definition) is 4. The minimum absolute atomic E-state index is 0.0604. The second-order valence-corrected chi connectivity index (χ2v) is 3.49. The average Bonchev–Trinajstić information content (AvgIpc) is 2.29. The number of methoxy groups -OCH3 is 2. The maximum atomic E-state index is 11.6. The summed E-state index contributed by atoms with van der Waals surface area (Å²) >= 11 is 0. The Balaban J connectivity index is 4.08. The molecular formula is C11H21NO4. The first kappa shape index (κ1) is 14.9. The van der Waals surface area contributed by atoms with Gasteiger partial charge >= 0.3 is 5.97 Å². The van der Waals surface area contributed by atoms with Gasteiger partial charge in [0, 0.05) is 20.2 Å². The smallest absolute Gasteiger partial charge is 0.307 e. The van der Waals surface area contributed by atoms with Crippen molar-refractivity contribution in [3.05, 3.63) is 0 Å². The fraction of sp³-hybridized carbons (Fsp3) is 0.818. The first-order chi connectivity index (χ1) is 7.65. The van der Waals surface area contributed by atoms with Crippen LogP contribution in [0.5, 0.6) is 0 Å². The van der Waals surface area contributed by atoms with Gasteiger partial charge in [-0.15, -0.1) is 0 Å². The number of carbonyl (C=O) groups is 2. The molecule has 0 aliphatic carbocycles. The lowest BCUT2D eigenvalue weighted by Crippen LogP contribution is -2.36. The van der Waals surface area contributed by atoms with Crippen LogP contribution in [0.3, 0.4) is 0 Å². The van der Waals surface area contributed by atoms with E-state index in [-0.39, 0.29) is 24.9 Å². The van der Waals surface area contributed by atoms with Gasteiger partial charge in [-0.2, -0.15) is 0 Å². The topological polar surface area (TPSA) is 55.8 Å². The maximum Gasteiger partial charge on any atom is 0.307 e. The van der Waals surface area contributed by atoms with E-state index in [1.807, 2.05) is 0 Å². The normalized spacial score (nSPS) is 9.94. The van der Waals surface area contributed by atoms with Crippen LogP contribution in [-0.4, -0.2) is 50.7 Å². The molecule has 0 aromatic carbocycles. The van der Waals surface area contributed by atoms with Crippen molar-refractivity contribution in [2.45, 2.75) is 26.2 Å². The molecule has 0 aromatic heterocycles. The van der Waals surface area contributed by atoms with E-state index in [0.29, 0.717) is 13.1 Å². The largest absolute Gasteiger partial charge is 0.469 e. The maximum absolute atomic E-state index is 11.6. The molecule has 0 aliphatic rings. The van der Waals surface area contributed by atoms with Crippen LogP contribution in [0, 0.1) is 0 Å². The molecule has 0 fully saturated rings. The third kappa shape index (κ3) is 6.40. The van der Waals surface area contributed by atoms with Crippen LogP contribution in [0.4, 0.5) is 0 Å². The van der Waals surface area contributed by atoms with Crippen LogP contribution in [-0.2, 0) is 19.1 Å². The summed E-state index contributed by atoms with van der Waals surface area (Å²) in [6.45, 7) is 3.18. The molecule has 0 N–H and O–H groups in total. The number of ether oxygens (including phenoxy) is 2. The highest BCUT2D eigenvalue weighted by atomic mass is 16.5. The zero-order valence-electron chi connectivity index (χ0n) is 10.3. The van der Waals surface area contributed by atoms with Crippen LogP contribution in [0.25, 0.3) is 0 Å². The highest BCUT2D eigenvalue weighted by Gasteiger charge is 2.14. The summed E-state index contributed by atoms with van der Waals surface area (Å²) in [7, 11) is 2.83. The molecule has 5 nitrogen and oxygen atoms in total. The summed E-state index contributed by atoms with van der Waals surface area (Å²) in [4.78, 5) is 24.2. The molecule has 1 amide bonds. The second-order valence-electron chi connectivity index (χ2n) is 3.49. The van der Waals surface area contributed by atoms with Crippen molar-refractivity contribution in [3.8, 4) is 0 Å². The molecule has 0 spiro atoms. The van der Waals surface area contributed by atoms with Crippen molar-refractivity contribution in [1.82, 2.24) is 4.90 Å². The number of nitrogens with zero attached hydrogens (tertiary/aromatic N) is 1. The number of unbranched alkanes of at least 4 members (excludes halogenated alkanes) is 1. The third-order valence-electron chi connectivity index (χ3n) is 2.22. The predicted molar refractivity (Wildman–Crippen MR) is 60.0 cm³/mol. The van der Waals surface area contributed by atoms with E-state index in [0.717, 1.165) is 12.8 Å². The lowest BCUT2D eigenvalue weighted by molar-refractivity contribution is -0.142. The van der Waals surface area contributed by atoms with E-state index in [1.54, 1.807) is 4.90 Å². The molecule has 0 saturated heterocycles. The third-order valence-corrected chi connectivity index (χ3v) is 2.22. The molecule has 0 unspecified atom stereocenters. The van der Waals surface area contributed by atoms with Gasteiger partial charge in [-0.1, -0.05) is 13.3 Å². The number of amides is 1. The van der Waals surface area contributed by atoms with Gasteiger partial charge in [-0.25, -0.2) is 0 Å². The number of rotatable bonds is 8. The summed E-state index contributed by atoms with van der Waals surface area (Å²) in [5.41, 5.74) is 0. The molecule has 16 heavy (non-hydrogen) atoms. The Bertz CT molecular complexity index is 218. The first-order valence-corrected chi connectivity index (χ1v) is 5.49. The van der Waals surface area contributed by atoms with E-state index < -0.39 is 0 Å². The average molecular weight is 231 g/mol. The lowest BCUT2D eigenvalue weighted by Gasteiger charge is -2.21. The van der Waals surface area contributed by atoms with Crippen LogP contribution < -0.4 is 0 Å². The summed E-state index contributed by atoms with van der Waals surface area (Å²) in [5.74, 6) is -0.383. The summed E-state index contributed by atoms with van der Waals surface area (Å²) < 4.78 is 9.33. The Morgan fingerprint density at radius 3 is 2.38 bits per heavy atom. The zero-order valence-corrected chi connectivity index (χ0v) is 10.3. The highest BCUT2D eigenvalue weighted by Crippen LogP contribution is 1.99. The van der Waals surface area contributed by atoms with E-state index in [2.05, 4.69) is 11.7 Å².